The maximum atomic E-state index is 11.6. The van der Waals surface area contributed by atoms with E-state index in [-0.39, 0.29) is 11.9 Å². The Morgan fingerprint density at radius 1 is 1.17 bits per heavy atom. The molecule has 18 heavy (non-hydrogen) atoms. The van der Waals surface area contributed by atoms with Crippen LogP contribution in [0.15, 0.2) is 0 Å². The van der Waals surface area contributed by atoms with Crippen molar-refractivity contribution in [1.29, 1.82) is 0 Å². The fourth-order valence-electron chi connectivity index (χ4n) is 2.04. The third kappa shape index (κ3) is 4.62. The summed E-state index contributed by atoms with van der Waals surface area (Å²) in [5.74, 6) is -0.759. The van der Waals surface area contributed by atoms with Gasteiger partial charge in [-0.3, -0.25) is 19.4 Å². The van der Waals surface area contributed by atoms with Crippen molar-refractivity contribution >= 4 is 11.9 Å². The maximum absolute atomic E-state index is 11.6. The minimum absolute atomic E-state index is 0.0322. The molecule has 0 aliphatic carbocycles. The Morgan fingerprint density at radius 2 is 1.72 bits per heavy atom. The lowest BCUT2D eigenvalue weighted by Gasteiger charge is -2.36. The standard InChI is InChI=1S/C12H23N3O3/c1-9(2)13-11(16)8-14-4-6-15(7-5-14)10(3)12(17)18/h9-10H,4-8H2,1-3H3,(H,13,16)(H,17,18)/t10-/m0/s1. The zero-order valence-corrected chi connectivity index (χ0v) is 11.3. The first-order chi connectivity index (χ1) is 8.40. The van der Waals surface area contributed by atoms with Gasteiger partial charge in [-0.15, -0.1) is 0 Å². The highest BCUT2D eigenvalue weighted by atomic mass is 16.4. The van der Waals surface area contributed by atoms with E-state index in [1.165, 1.54) is 0 Å². The largest absolute Gasteiger partial charge is 0.480 e. The molecule has 0 spiro atoms. The molecule has 1 aliphatic rings. The Balaban J connectivity index is 2.31. The lowest BCUT2D eigenvalue weighted by molar-refractivity contribution is -0.143. The van der Waals surface area contributed by atoms with Gasteiger partial charge in [-0.2, -0.15) is 0 Å². The highest BCUT2D eigenvalue weighted by Gasteiger charge is 2.25. The predicted octanol–water partition coefficient (Wildman–Crippen LogP) is -0.398. The van der Waals surface area contributed by atoms with Crippen LogP contribution in [0.2, 0.25) is 0 Å². The molecule has 0 aromatic heterocycles. The monoisotopic (exact) mass is 257 g/mol. The van der Waals surface area contributed by atoms with Crippen molar-refractivity contribution in [3.05, 3.63) is 0 Å². The topological polar surface area (TPSA) is 72.9 Å². The van der Waals surface area contributed by atoms with Gasteiger partial charge in [0.25, 0.3) is 0 Å². The predicted molar refractivity (Wildman–Crippen MR) is 68.4 cm³/mol. The van der Waals surface area contributed by atoms with Crippen molar-refractivity contribution < 1.29 is 14.7 Å². The number of piperazine rings is 1. The zero-order valence-electron chi connectivity index (χ0n) is 11.3. The van der Waals surface area contributed by atoms with Gasteiger partial charge >= 0.3 is 5.97 Å². The van der Waals surface area contributed by atoms with E-state index in [0.717, 1.165) is 13.1 Å². The summed E-state index contributed by atoms with van der Waals surface area (Å²) in [6.45, 7) is 8.84. The summed E-state index contributed by atoms with van der Waals surface area (Å²) in [5, 5.41) is 11.8. The Hall–Kier alpha value is -1.14. The second-order valence-corrected chi connectivity index (χ2v) is 5.05. The third-order valence-electron chi connectivity index (χ3n) is 3.13. The molecule has 1 atom stereocenters. The molecule has 0 bridgehead atoms. The summed E-state index contributed by atoms with van der Waals surface area (Å²) in [6.07, 6.45) is 0. The first-order valence-electron chi connectivity index (χ1n) is 6.38. The molecule has 0 aromatic carbocycles. The van der Waals surface area contributed by atoms with Crippen molar-refractivity contribution in [1.82, 2.24) is 15.1 Å². The molecule has 1 saturated heterocycles. The normalized spacial score (nSPS) is 19.8. The second kappa shape index (κ2) is 6.70. The molecule has 0 aromatic rings. The summed E-state index contributed by atoms with van der Waals surface area (Å²) >= 11 is 0. The van der Waals surface area contributed by atoms with Crippen molar-refractivity contribution in [2.75, 3.05) is 32.7 Å². The molecule has 0 saturated carbocycles. The SMILES string of the molecule is CC(C)NC(=O)CN1CCN([C@@H](C)C(=O)O)CC1. The van der Waals surface area contributed by atoms with E-state index in [4.69, 9.17) is 5.11 Å². The zero-order chi connectivity index (χ0) is 13.7. The van der Waals surface area contributed by atoms with E-state index in [1.54, 1.807) is 6.92 Å². The molecular weight excluding hydrogens is 234 g/mol. The van der Waals surface area contributed by atoms with E-state index < -0.39 is 12.0 Å². The fraction of sp³-hybridized carbons (Fsp3) is 0.833. The van der Waals surface area contributed by atoms with E-state index in [1.807, 2.05) is 18.7 Å². The number of carbonyl (C=O) groups excluding carboxylic acids is 1. The highest BCUT2D eigenvalue weighted by Crippen LogP contribution is 2.06. The molecule has 0 radical (unpaired) electrons. The van der Waals surface area contributed by atoms with Crippen LogP contribution in [0, 0.1) is 0 Å². The summed E-state index contributed by atoms with van der Waals surface area (Å²) in [4.78, 5) is 26.4. The summed E-state index contributed by atoms with van der Waals surface area (Å²) in [6, 6.07) is -0.289. The minimum atomic E-state index is -0.791. The van der Waals surface area contributed by atoms with Gasteiger partial charge in [-0.25, -0.2) is 0 Å². The van der Waals surface area contributed by atoms with Gasteiger partial charge in [0.1, 0.15) is 6.04 Å². The van der Waals surface area contributed by atoms with Crippen LogP contribution in [0.4, 0.5) is 0 Å². The molecule has 1 heterocycles. The van der Waals surface area contributed by atoms with Crippen LogP contribution in [0.5, 0.6) is 0 Å². The van der Waals surface area contributed by atoms with Crippen molar-refractivity contribution in [2.24, 2.45) is 0 Å². The maximum Gasteiger partial charge on any atom is 0.320 e. The number of nitrogens with zero attached hydrogens (tertiary/aromatic N) is 2. The fourth-order valence-corrected chi connectivity index (χ4v) is 2.04. The van der Waals surface area contributed by atoms with Gasteiger partial charge in [0, 0.05) is 32.2 Å². The minimum Gasteiger partial charge on any atom is -0.480 e. The number of carboxylic acids is 1. The van der Waals surface area contributed by atoms with Crippen LogP contribution in [-0.4, -0.2) is 71.6 Å². The van der Waals surface area contributed by atoms with Crippen LogP contribution >= 0.6 is 0 Å². The number of carboxylic acid groups (broad SMARTS) is 1. The Labute approximate surface area is 108 Å². The molecule has 1 amide bonds. The van der Waals surface area contributed by atoms with Crippen LogP contribution in [-0.2, 0) is 9.59 Å². The van der Waals surface area contributed by atoms with E-state index >= 15 is 0 Å². The quantitative estimate of drug-likeness (QED) is 0.701. The van der Waals surface area contributed by atoms with Gasteiger partial charge < -0.3 is 10.4 Å². The van der Waals surface area contributed by atoms with Gasteiger partial charge in [0.2, 0.25) is 5.91 Å². The highest BCUT2D eigenvalue weighted by molar-refractivity contribution is 5.78. The third-order valence-corrected chi connectivity index (χ3v) is 3.13. The molecule has 2 N–H and O–H groups in total. The van der Waals surface area contributed by atoms with Gasteiger partial charge in [-0.1, -0.05) is 0 Å². The lowest BCUT2D eigenvalue weighted by atomic mass is 10.2. The number of carbonyl (C=O) groups is 2. The Bertz CT molecular complexity index is 299. The molecular formula is C12H23N3O3. The molecule has 1 fully saturated rings. The van der Waals surface area contributed by atoms with Crippen molar-refractivity contribution in [3.63, 3.8) is 0 Å². The molecule has 1 rings (SSSR count). The number of hydrogen-bond donors (Lipinski definition) is 2. The average molecular weight is 257 g/mol. The molecule has 104 valence electrons. The van der Waals surface area contributed by atoms with Crippen LogP contribution in [0.3, 0.4) is 0 Å². The first kappa shape index (κ1) is 14.9. The van der Waals surface area contributed by atoms with Gasteiger partial charge in [0.15, 0.2) is 0 Å². The first-order valence-corrected chi connectivity index (χ1v) is 6.38. The van der Waals surface area contributed by atoms with E-state index in [2.05, 4.69) is 10.2 Å². The average Bonchev–Trinajstić information content (AvgIpc) is 2.27. The number of amides is 1. The lowest BCUT2D eigenvalue weighted by Crippen LogP contribution is -2.53. The summed E-state index contributed by atoms with van der Waals surface area (Å²) < 4.78 is 0. The summed E-state index contributed by atoms with van der Waals surface area (Å²) in [5.41, 5.74) is 0. The molecule has 6 nitrogen and oxygen atoms in total. The van der Waals surface area contributed by atoms with Gasteiger partial charge in [-0.05, 0) is 20.8 Å². The number of nitrogens with one attached hydrogen (secondary N) is 1. The van der Waals surface area contributed by atoms with Crippen molar-refractivity contribution in [3.8, 4) is 0 Å². The second-order valence-electron chi connectivity index (χ2n) is 5.05. The van der Waals surface area contributed by atoms with Crippen LogP contribution in [0.25, 0.3) is 0 Å². The van der Waals surface area contributed by atoms with Crippen LogP contribution < -0.4 is 5.32 Å². The van der Waals surface area contributed by atoms with E-state index in [0.29, 0.717) is 19.6 Å². The van der Waals surface area contributed by atoms with Crippen LogP contribution in [0.1, 0.15) is 20.8 Å². The number of aliphatic carboxylic acids is 1. The number of rotatable bonds is 5. The number of hydrogen-bond acceptors (Lipinski definition) is 4. The van der Waals surface area contributed by atoms with E-state index in [9.17, 15) is 9.59 Å². The van der Waals surface area contributed by atoms with Gasteiger partial charge in [0.05, 0.1) is 6.54 Å². The molecule has 6 heteroatoms. The molecule has 0 unspecified atom stereocenters. The Kier molecular flexibility index (Phi) is 5.55. The molecule has 1 aliphatic heterocycles. The smallest absolute Gasteiger partial charge is 0.320 e. The van der Waals surface area contributed by atoms with Crippen molar-refractivity contribution in [2.45, 2.75) is 32.9 Å². The Morgan fingerprint density at radius 3 is 2.17 bits per heavy atom. The summed E-state index contributed by atoms with van der Waals surface area (Å²) in [7, 11) is 0.